The fraction of sp³-hybridized carbons (Fsp3) is 0.438. The van der Waals surface area contributed by atoms with Crippen molar-refractivity contribution in [3.05, 3.63) is 40.4 Å². The summed E-state index contributed by atoms with van der Waals surface area (Å²) in [5.41, 5.74) is 1.35. The largest absolute Gasteiger partial charge is 0.312 e. The van der Waals surface area contributed by atoms with E-state index in [1.807, 2.05) is 0 Å². The second-order valence-electron chi connectivity index (χ2n) is 5.28. The Morgan fingerprint density at radius 2 is 2.05 bits per heavy atom. The Morgan fingerprint density at radius 1 is 1.29 bits per heavy atom. The van der Waals surface area contributed by atoms with Crippen molar-refractivity contribution >= 4 is 11.3 Å². The zero-order chi connectivity index (χ0) is 15.4. The highest BCUT2D eigenvalue weighted by molar-refractivity contribution is 7.15. The van der Waals surface area contributed by atoms with Crippen molar-refractivity contribution in [1.82, 2.24) is 10.3 Å². The number of rotatable bonds is 6. The second kappa shape index (κ2) is 7.09. The first-order chi connectivity index (χ1) is 10.0. The number of nitrogens with one attached hydrogen (secondary N) is 1. The van der Waals surface area contributed by atoms with Crippen LogP contribution in [0, 0.1) is 11.6 Å². The summed E-state index contributed by atoms with van der Waals surface area (Å²) in [5.74, 6) is -0.856. The van der Waals surface area contributed by atoms with Crippen molar-refractivity contribution < 1.29 is 8.78 Å². The molecule has 0 atom stereocenters. The summed E-state index contributed by atoms with van der Waals surface area (Å²) < 4.78 is 26.9. The van der Waals surface area contributed by atoms with Gasteiger partial charge < -0.3 is 5.32 Å². The number of nitrogens with zero attached hydrogens (tertiary/aromatic N) is 1. The number of halogens is 2. The van der Waals surface area contributed by atoms with E-state index in [9.17, 15) is 8.78 Å². The molecule has 1 heterocycles. The molecule has 21 heavy (non-hydrogen) atoms. The van der Waals surface area contributed by atoms with Gasteiger partial charge in [0.15, 0.2) is 0 Å². The van der Waals surface area contributed by atoms with Crippen LogP contribution >= 0.6 is 11.3 Å². The SMILES string of the molecule is CCCNCc1sc(-c2ccc(F)cc2F)nc1C(C)C. The predicted molar refractivity (Wildman–Crippen MR) is 83.6 cm³/mol. The van der Waals surface area contributed by atoms with Gasteiger partial charge in [0.05, 0.1) is 5.69 Å². The van der Waals surface area contributed by atoms with Gasteiger partial charge in [-0.25, -0.2) is 13.8 Å². The molecule has 0 unspecified atom stereocenters. The summed E-state index contributed by atoms with van der Waals surface area (Å²) in [7, 11) is 0. The molecule has 2 rings (SSSR count). The van der Waals surface area contributed by atoms with Crippen LogP contribution in [0.4, 0.5) is 8.78 Å². The molecule has 0 fully saturated rings. The van der Waals surface area contributed by atoms with E-state index in [0.29, 0.717) is 10.6 Å². The minimum absolute atomic E-state index is 0.275. The maximum atomic E-state index is 13.9. The van der Waals surface area contributed by atoms with Crippen molar-refractivity contribution in [2.45, 2.75) is 39.7 Å². The van der Waals surface area contributed by atoms with Gasteiger partial charge in [0.25, 0.3) is 0 Å². The summed E-state index contributed by atoms with van der Waals surface area (Å²) in [6.45, 7) is 7.94. The molecular formula is C16H20F2N2S. The molecule has 1 N–H and O–H groups in total. The highest BCUT2D eigenvalue weighted by atomic mass is 32.1. The third kappa shape index (κ3) is 3.86. The van der Waals surface area contributed by atoms with Gasteiger partial charge in [-0.2, -0.15) is 0 Å². The van der Waals surface area contributed by atoms with Crippen LogP contribution in [-0.2, 0) is 6.54 Å². The molecule has 1 aromatic heterocycles. The molecule has 0 aliphatic carbocycles. The third-order valence-electron chi connectivity index (χ3n) is 3.15. The molecule has 0 saturated carbocycles. The van der Waals surface area contributed by atoms with E-state index in [1.165, 1.54) is 23.5 Å². The van der Waals surface area contributed by atoms with Gasteiger partial charge in [0.2, 0.25) is 0 Å². The van der Waals surface area contributed by atoms with Crippen LogP contribution < -0.4 is 5.32 Å². The lowest BCUT2D eigenvalue weighted by Crippen LogP contribution is -2.14. The molecule has 0 radical (unpaired) electrons. The highest BCUT2D eigenvalue weighted by Crippen LogP contribution is 2.33. The fourth-order valence-electron chi connectivity index (χ4n) is 2.10. The quantitative estimate of drug-likeness (QED) is 0.782. The third-order valence-corrected chi connectivity index (χ3v) is 4.25. The summed E-state index contributed by atoms with van der Waals surface area (Å²) in [5, 5.41) is 3.97. The summed E-state index contributed by atoms with van der Waals surface area (Å²) in [6.07, 6.45) is 1.06. The lowest BCUT2D eigenvalue weighted by Gasteiger charge is -2.05. The molecule has 0 spiro atoms. The highest BCUT2D eigenvalue weighted by Gasteiger charge is 2.17. The van der Waals surface area contributed by atoms with E-state index in [0.717, 1.165) is 36.1 Å². The zero-order valence-corrected chi connectivity index (χ0v) is 13.4. The normalized spacial score (nSPS) is 11.3. The molecule has 1 aromatic carbocycles. The molecule has 2 aromatic rings. The average molecular weight is 310 g/mol. The first-order valence-electron chi connectivity index (χ1n) is 7.18. The van der Waals surface area contributed by atoms with Crippen LogP contribution in [0.2, 0.25) is 0 Å². The Balaban J connectivity index is 2.34. The van der Waals surface area contributed by atoms with Gasteiger partial charge >= 0.3 is 0 Å². The first-order valence-corrected chi connectivity index (χ1v) is 8.00. The molecule has 5 heteroatoms. The topological polar surface area (TPSA) is 24.9 Å². The van der Waals surface area contributed by atoms with E-state index in [-0.39, 0.29) is 5.92 Å². The van der Waals surface area contributed by atoms with Gasteiger partial charge in [0, 0.05) is 23.1 Å². The van der Waals surface area contributed by atoms with E-state index in [2.05, 4.69) is 31.1 Å². The van der Waals surface area contributed by atoms with E-state index >= 15 is 0 Å². The van der Waals surface area contributed by atoms with E-state index in [4.69, 9.17) is 0 Å². The Hall–Kier alpha value is -1.33. The number of thiazole rings is 1. The molecule has 0 aliphatic heterocycles. The molecule has 0 amide bonds. The number of hydrogen-bond acceptors (Lipinski definition) is 3. The van der Waals surface area contributed by atoms with Gasteiger partial charge in [-0.15, -0.1) is 11.3 Å². The molecular weight excluding hydrogens is 290 g/mol. The van der Waals surface area contributed by atoms with Crippen molar-refractivity contribution in [2.24, 2.45) is 0 Å². The first kappa shape index (κ1) is 16.0. The van der Waals surface area contributed by atoms with Crippen LogP contribution in [0.1, 0.15) is 43.7 Å². The Labute approximate surface area is 128 Å². The van der Waals surface area contributed by atoms with E-state index in [1.54, 1.807) is 0 Å². The summed E-state index contributed by atoms with van der Waals surface area (Å²) >= 11 is 1.48. The van der Waals surface area contributed by atoms with Crippen LogP contribution in [0.15, 0.2) is 18.2 Å². The lowest BCUT2D eigenvalue weighted by atomic mass is 10.1. The fourth-order valence-corrected chi connectivity index (χ4v) is 3.31. The number of hydrogen-bond donors (Lipinski definition) is 1. The maximum absolute atomic E-state index is 13.9. The Morgan fingerprint density at radius 3 is 2.67 bits per heavy atom. The molecule has 0 bridgehead atoms. The van der Waals surface area contributed by atoms with Crippen LogP contribution in [0.5, 0.6) is 0 Å². The number of benzene rings is 1. The van der Waals surface area contributed by atoms with Crippen molar-refractivity contribution in [2.75, 3.05) is 6.54 Å². The lowest BCUT2D eigenvalue weighted by molar-refractivity contribution is 0.585. The minimum atomic E-state index is -0.568. The predicted octanol–water partition coefficient (Wildman–Crippen LogP) is 4.71. The van der Waals surface area contributed by atoms with Crippen LogP contribution in [-0.4, -0.2) is 11.5 Å². The average Bonchev–Trinajstić information content (AvgIpc) is 2.83. The Bertz CT molecular complexity index is 608. The van der Waals surface area contributed by atoms with Crippen LogP contribution in [0.3, 0.4) is 0 Å². The zero-order valence-electron chi connectivity index (χ0n) is 12.5. The standard InChI is InChI=1S/C16H20F2N2S/c1-4-7-19-9-14-15(10(2)3)20-16(21-14)12-6-5-11(17)8-13(12)18/h5-6,8,10,19H,4,7,9H2,1-3H3. The van der Waals surface area contributed by atoms with Gasteiger partial charge in [-0.05, 0) is 31.0 Å². The molecule has 2 nitrogen and oxygen atoms in total. The Kier molecular flexibility index (Phi) is 5.42. The van der Waals surface area contributed by atoms with Crippen molar-refractivity contribution in [3.63, 3.8) is 0 Å². The molecule has 114 valence electrons. The molecule has 0 saturated heterocycles. The smallest absolute Gasteiger partial charge is 0.136 e. The van der Waals surface area contributed by atoms with Crippen molar-refractivity contribution in [3.8, 4) is 10.6 Å². The van der Waals surface area contributed by atoms with Gasteiger partial charge in [0.1, 0.15) is 16.6 Å². The minimum Gasteiger partial charge on any atom is -0.312 e. The number of aromatic nitrogens is 1. The van der Waals surface area contributed by atoms with Gasteiger partial charge in [-0.3, -0.25) is 0 Å². The monoisotopic (exact) mass is 310 g/mol. The molecule has 0 aliphatic rings. The van der Waals surface area contributed by atoms with Crippen LogP contribution in [0.25, 0.3) is 10.6 Å². The summed E-state index contributed by atoms with van der Waals surface area (Å²) in [6, 6.07) is 3.63. The second-order valence-corrected chi connectivity index (χ2v) is 6.37. The summed E-state index contributed by atoms with van der Waals surface area (Å²) in [4.78, 5) is 5.69. The maximum Gasteiger partial charge on any atom is 0.136 e. The van der Waals surface area contributed by atoms with Crippen molar-refractivity contribution in [1.29, 1.82) is 0 Å². The van der Waals surface area contributed by atoms with E-state index < -0.39 is 11.6 Å². The van der Waals surface area contributed by atoms with Gasteiger partial charge in [-0.1, -0.05) is 20.8 Å².